The molecule has 0 saturated heterocycles. The lowest BCUT2D eigenvalue weighted by Gasteiger charge is -2.25. The first-order chi connectivity index (χ1) is 11.3. The van der Waals surface area contributed by atoms with Crippen LogP contribution in [0.25, 0.3) is 0 Å². The summed E-state index contributed by atoms with van der Waals surface area (Å²) in [5.74, 6) is 0.0288. The molecule has 3 heteroatoms. The fraction of sp³-hybridized carbons (Fsp3) is 0.381. The molecule has 0 bridgehead atoms. The summed E-state index contributed by atoms with van der Waals surface area (Å²) in [7, 11) is 1.99. The van der Waals surface area contributed by atoms with Crippen LogP contribution < -0.4 is 5.32 Å². The van der Waals surface area contributed by atoms with Crippen molar-refractivity contribution in [2.24, 2.45) is 0 Å². The third-order valence-electron chi connectivity index (χ3n) is 4.65. The van der Waals surface area contributed by atoms with Crippen molar-refractivity contribution in [3.05, 3.63) is 64.2 Å². The Morgan fingerprint density at radius 3 is 2.21 bits per heavy atom. The summed E-state index contributed by atoms with van der Waals surface area (Å²) in [6.45, 7) is 11.0. The van der Waals surface area contributed by atoms with Gasteiger partial charge in [-0.1, -0.05) is 42.0 Å². The summed E-state index contributed by atoms with van der Waals surface area (Å²) >= 11 is 0. The van der Waals surface area contributed by atoms with Gasteiger partial charge in [-0.15, -0.1) is 0 Å². The zero-order valence-electron chi connectivity index (χ0n) is 15.6. The van der Waals surface area contributed by atoms with Gasteiger partial charge in [-0.3, -0.25) is 9.69 Å². The van der Waals surface area contributed by atoms with E-state index in [0.717, 1.165) is 23.4 Å². The summed E-state index contributed by atoms with van der Waals surface area (Å²) in [6.07, 6.45) is 0. The second-order valence-electron chi connectivity index (χ2n) is 6.78. The van der Waals surface area contributed by atoms with Crippen LogP contribution in [0.5, 0.6) is 0 Å². The van der Waals surface area contributed by atoms with E-state index in [4.69, 9.17) is 0 Å². The molecule has 128 valence electrons. The van der Waals surface area contributed by atoms with Crippen molar-refractivity contribution in [2.45, 2.75) is 47.2 Å². The van der Waals surface area contributed by atoms with Crippen LogP contribution >= 0.6 is 0 Å². The Hall–Kier alpha value is -2.13. The molecule has 0 aliphatic rings. The van der Waals surface area contributed by atoms with Gasteiger partial charge < -0.3 is 5.32 Å². The molecule has 0 heterocycles. The van der Waals surface area contributed by atoms with Gasteiger partial charge >= 0.3 is 0 Å². The van der Waals surface area contributed by atoms with Crippen LogP contribution in [0.1, 0.15) is 34.7 Å². The molecular formula is C21H28N2O. The molecule has 0 fully saturated rings. The third kappa shape index (κ3) is 4.24. The van der Waals surface area contributed by atoms with Crippen LogP contribution in [0.15, 0.2) is 36.4 Å². The molecule has 24 heavy (non-hydrogen) atoms. The second kappa shape index (κ2) is 7.63. The van der Waals surface area contributed by atoms with E-state index in [-0.39, 0.29) is 11.9 Å². The van der Waals surface area contributed by atoms with E-state index in [0.29, 0.717) is 0 Å². The molecule has 0 radical (unpaired) electrons. The lowest BCUT2D eigenvalue weighted by molar-refractivity contribution is -0.120. The van der Waals surface area contributed by atoms with Gasteiger partial charge in [0.1, 0.15) is 0 Å². The van der Waals surface area contributed by atoms with Crippen LogP contribution in [0, 0.1) is 27.7 Å². The molecule has 2 aromatic carbocycles. The minimum atomic E-state index is -0.204. The number of nitrogens with zero attached hydrogens (tertiary/aromatic N) is 1. The largest absolute Gasteiger partial charge is 0.324 e. The standard InChI is InChI=1S/C21H28N2O/c1-14-11-16(3)20(17(4)12-14)22-21(24)18(5)23(6)13-19-10-8-7-9-15(19)2/h7-12,18H,13H2,1-6H3,(H,22,24)/t18-/m0/s1. The fourth-order valence-corrected chi connectivity index (χ4v) is 3.00. The number of carbonyl (C=O) groups is 1. The third-order valence-corrected chi connectivity index (χ3v) is 4.65. The number of carbonyl (C=O) groups excluding carboxylic acids is 1. The van der Waals surface area contributed by atoms with Crippen molar-refractivity contribution in [3.8, 4) is 0 Å². The number of aryl methyl sites for hydroxylation is 4. The quantitative estimate of drug-likeness (QED) is 0.885. The molecule has 2 aromatic rings. The zero-order valence-corrected chi connectivity index (χ0v) is 15.6. The van der Waals surface area contributed by atoms with Crippen molar-refractivity contribution in [2.75, 3.05) is 12.4 Å². The Morgan fingerprint density at radius 1 is 1.04 bits per heavy atom. The second-order valence-corrected chi connectivity index (χ2v) is 6.78. The molecule has 0 spiro atoms. The highest BCUT2D eigenvalue weighted by molar-refractivity contribution is 5.95. The van der Waals surface area contributed by atoms with Gasteiger partial charge in [0.05, 0.1) is 6.04 Å². The Kier molecular flexibility index (Phi) is 5.79. The maximum absolute atomic E-state index is 12.7. The van der Waals surface area contributed by atoms with Gasteiger partial charge in [-0.05, 0) is 63.9 Å². The van der Waals surface area contributed by atoms with Gasteiger partial charge in [-0.2, -0.15) is 0 Å². The summed E-state index contributed by atoms with van der Waals surface area (Å²) in [5, 5.41) is 3.11. The molecule has 2 rings (SSSR count). The number of rotatable bonds is 5. The van der Waals surface area contributed by atoms with E-state index in [9.17, 15) is 4.79 Å². The number of hydrogen-bond donors (Lipinski definition) is 1. The normalized spacial score (nSPS) is 12.3. The van der Waals surface area contributed by atoms with Crippen LogP contribution in [0.3, 0.4) is 0 Å². The first-order valence-electron chi connectivity index (χ1n) is 8.43. The zero-order chi connectivity index (χ0) is 17.9. The highest BCUT2D eigenvalue weighted by atomic mass is 16.2. The lowest BCUT2D eigenvalue weighted by atomic mass is 10.0. The maximum Gasteiger partial charge on any atom is 0.241 e. The number of anilines is 1. The molecule has 0 unspecified atom stereocenters. The number of hydrogen-bond acceptors (Lipinski definition) is 2. The molecule has 1 amide bonds. The molecule has 0 aliphatic heterocycles. The van der Waals surface area contributed by atoms with Gasteiger partial charge in [0, 0.05) is 12.2 Å². The van der Waals surface area contributed by atoms with Crippen molar-refractivity contribution in [1.29, 1.82) is 0 Å². The Balaban J connectivity index is 2.08. The SMILES string of the molecule is Cc1cc(C)c(NC(=O)[C@H](C)N(C)Cc2ccccc2C)c(C)c1. The molecular weight excluding hydrogens is 296 g/mol. The van der Waals surface area contributed by atoms with Crippen molar-refractivity contribution in [3.63, 3.8) is 0 Å². The lowest BCUT2D eigenvalue weighted by Crippen LogP contribution is -2.39. The van der Waals surface area contributed by atoms with E-state index in [1.54, 1.807) is 0 Å². The first-order valence-corrected chi connectivity index (χ1v) is 8.43. The van der Waals surface area contributed by atoms with E-state index < -0.39 is 0 Å². The Labute approximate surface area is 145 Å². The molecule has 1 N–H and O–H groups in total. The summed E-state index contributed by atoms with van der Waals surface area (Å²) in [5.41, 5.74) is 6.86. The number of benzene rings is 2. The molecule has 3 nitrogen and oxygen atoms in total. The van der Waals surface area contributed by atoms with Gasteiger partial charge in [0.15, 0.2) is 0 Å². The highest BCUT2D eigenvalue weighted by Gasteiger charge is 2.20. The Bertz CT molecular complexity index is 713. The minimum Gasteiger partial charge on any atom is -0.324 e. The predicted octanol–water partition coefficient (Wildman–Crippen LogP) is 4.38. The van der Waals surface area contributed by atoms with E-state index in [2.05, 4.69) is 48.3 Å². The van der Waals surface area contributed by atoms with Gasteiger partial charge in [0.2, 0.25) is 5.91 Å². The van der Waals surface area contributed by atoms with Crippen LogP contribution in [0.2, 0.25) is 0 Å². The van der Waals surface area contributed by atoms with Crippen molar-refractivity contribution >= 4 is 11.6 Å². The molecule has 1 atom stereocenters. The minimum absolute atomic E-state index is 0.0288. The topological polar surface area (TPSA) is 32.3 Å². The van der Waals surface area contributed by atoms with E-state index in [1.807, 2.05) is 40.0 Å². The number of amides is 1. The first kappa shape index (κ1) is 18.2. The molecule has 0 aliphatic carbocycles. The fourth-order valence-electron chi connectivity index (χ4n) is 3.00. The molecule has 0 aromatic heterocycles. The van der Waals surface area contributed by atoms with Crippen molar-refractivity contribution in [1.82, 2.24) is 4.90 Å². The smallest absolute Gasteiger partial charge is 0.241 e. The van der Waals surface area contributed by atoms with Crippen LogP contribution in [-0.4, -0.2) is 23.9 Å². The average Bonchev–Trinajstić information content (AvgIpc) is 2.52. The average molecular weight is 324 g/mol. The van der Waals surface area contributed by atoms with Crippen molar-refractivity contribution < 1.29 is 4.79 Å². The Morgan fingerprint density at radius 2 is 1.62 bits per heavy atom. The maximum atomic E-state index is 12.7. The predicted molar refractivity (Wildman–Crippen MR) is 101 cm³/mol. The molecule has 0 saturated carbocycles. The van der Waals surface area contributed by atoms with E-state index >= 15 is 0 Å². The summed E-state index contributed by atoms with van der Waals surface area (Å²) in [6, 6.07) is 12.3. The highest BCUT2D eigenvalue weighted by Crippen LogP contribution is 2.22. The van der Waals surface area contributed by atoms with E-state index in [1.165, 1.54) is 16.7 Å². The number of likely N-dealkylation sites (N-methyl/N-ethyl adjacent to an activating group) is 1. The van der Waals surface area contributed by atoms with Crippen LogP contribution in [-0.2, 0) is 11.3 Å². The van der Waals surface area contributed by atoms with Gasteiger partial charge in [0.25, 0.3) is 0 Å². The number of nitrogens with one attached hydrogen (secondary N) is 1. The monoisotopic (exact) mass is 324 g/mol. The summed E-state index contributed by atoms with van der Waals surface area (Å²) < 4.78 is 0. The van der Waals surface area contributed by atoms with Gasteiger partial charge in [-0.25, -0.2) is 0 Å². The summed E-state index contributed by atoms with van der Waals surface area (Å²) in [4.78, 5) is 14.7. The van der Waals surface area contributed by atoms with Crippen LogP contribution in [0.4, 0.5) is 5.69 Å².